The van der Waals surface area contributed by atoms with Gasteiger partial charge >= 0.3 is 0 Å². The minimum Gasteiger partial charge on any atom is -0.496 e. The number of rotatable bonds is 2. The largest absolute Gasteiger partial charge is 0.496 e. The molecule has 0 saturated heterocycles. The van der Waals surface area contributed by atoms with Crippen molar-refractivity contribution in [1.29, 1.82) is 0 Å². The SMILES string of the molecule is COc1cccc2sc(CO)c(F)c12. The summed E-state index contributed by atoms with van der Waals surface area (Å²) >= 11 is 1.25. The van der Waals surface area contributed by atoms with E-state index in [1.807, 2.05) is 6.07 Å². The average molecular weight is 212 g/mol. The molecule has 4 heteroatoms. The topological polar surface area (TPSA) is 29.5 Å². The van der Waals surface area contributed by atoms with Crippen molar-refractivity contribution >= 4 is 21.4 Å². The standard InChI is InChI=1S/C10H9FO2S/c1-13-6-3-2-4-7-9(6)10(11)8(5-12)14-7/h2-4,12H,5H2,1H3. The van der Waals surface area contributed by atoms with Crippen molar-refractivity contribution in [3.05, 3.63) is 28.9 Å². The Kier molecular flexibility index (Phi) is 2.39. The second-order valence-electron chi connectivity index (χ2n) is 2.83. The second-order valence-corrected chi connectivity index (χ2v) is 3.97. The fourth-order valence-electron chi connectivity index (χ4n) is 1.40. The third-order valence-electron chi connectivity index (χ3n) is 2.05. The Hall–Kier alpha value is -1.13. The third-order valence-corrected chi connectivity index (χ3v) is 3.16. The Labute approximate surface area is 84.6 Å². The summed E-state index contributed by atoms with van der Waals surface area (Å²) in [6.07, 6.45) is 0. The molecule has 0 aliphatic rings. The quantitative estimate of drug-likeness (QED) is 0.829. The molecule has 0 fully saturated rings. The van der Waals surface area contributed by atoms with Crippen LogP contribution in [0.4, 0.5) is 4.39 Å². The number of benzene rings is 1. The number of methoxy groups -OCH3 is 1. The molecule has 1 N–H and O–H groups in total. The van der Waals surface area contributed by atoms with E-state index in [9.17, 15) is 4.39 Å². The molecule has 0 radical (unpaired) electrons. The summed E-state index contributed by atoms with van der Waals surface area (Å²) in [5, 5.41) is 9.37. The molecule has 0 unspecified atom stereocenters. The molecular weight excluding hydrogens is 203 g/mol. The van der Waals surface area contributed by atoms with E-state index in [0.717, 1.165) is 4.70 Å². The lowest BCUT2D eigenvalue weighted by Gasteiger charge is -2.00. The van der Waals surface area contributed by atoms with E-state index in [2.05, 4.69) is 0 Å². The van der Waals surface area contributed by atoms with Crippen LogP contribution in [0.3, 0.4) is 0 Å². The molecule has 0 aliphatic carbocycles. The van der Waals surface area contributed by atoms with E-state index >= 15 is 0 Å². The fourth-order valence-corrected chi connectivity index (χ4v) is 2.36. The predicted octanol–water partition coefficient (Wildman–Crippen LogP) is 2.54. The molecule has 2 rings (SSSR count). The summed E-state index contributed by atoms with van der Waals surface area (Å²) in [5.74, 6) is 0.140. The highest BCUT2D eigenvalue weighted by molar-refractivity contribution is 7.19. The van der Waals surface area contributed by atoms with Gasteiger partial charge in [-0.05, 0) is 12.1 Å². The summed E-state index contributed by atoms with van der Waals surface area (Å²) < 4.78 is 19.5. The second kappa shape index (κ2) is 3.55. The average Bonchev–Trinajstić information content (AvgIpc) is 2.55. The van der Waals surface area contributed by atoms with Crippen LogP contribution in [0.1, 0.15) is 4.88 Å². The van der Waals surface area contributed by atoms with Gasteiger partial charge in [-0.25, -0.2) is 4.39 Å². The molecule has 0 atom stereocenters. The van der Waals surface area contributed by atoms with Crippen LogP contribution in [-0.4, -0.2) is 12.2 Å². The molecule has 1 aromatic heterocycles. The highest BCUT2D eigenvalue weighted by Crippen LogP contribution is 2.35. The Bertz CT molecular complexity index is 464. The van der Waals surface area contributed by atoms with E-state index in [-0.39, 0.29) is 12.4 Å². The number of halogens is 1. The lowest BCUT2D eigenvalue weighted by molar-refractivity contribution is 0.280. The van der Waals surface area contributed by atoms with Gasteiger partial charge < -0.3 is 9.84 Å². The van der Waals surface area contributed by atoms with E-state index in [0.29, 0.717) is 16.0 Å². The molecule has 14 heavy (non-hydrogen) atoms. The minimum absolute atomic E-state index is 0.270. The first-order valence-corrected chi connectivity index (χ1v) is 4.94. The predicted molar refractivity (Wildman–Crippen MR) is 54.3 cm³/mol. The molecule has 0 aliphatic heterocycles. The van der Waals surface area contributed by atoms with Crippen LogP contribution in [0, 0.1) is 5.82 Å². The number of hydrogen-bond donors (Lipinski definition) is 1. The monoisotopic (exact) mass is 212 g/mol. The molecular formula is C10H9FO2S. The molecule has 0 amide bonds. The van der Waals surface area contributed by atoms with Crippen LogP contribution in [0.5, 0.6) is 5.75 Å². The van der Waals surface area contributed by atoms with Gasteiger partial charge in [0.1, 0.15) is 5.75 Å². The van der Waals surface area contributed by atoms with E-state index in [1.165, 1.54) is 18.4 Å². The van der Waals surface area contributed by atoms with Crippen LogP contribution in [0.25, 0.3) is 10.1 Å². The maximum Gasteiger partial charge on any atom is 0.151 e. The highest BCUT2D eigenvalue weighted by atomic mass is 32.1. The number of aliphatic hydroxyl groups excluding tert-OH is 1. The van der Waals surface area contributed by atoms with E-state index < -0.39 is 0 Å². The minimum atomic E-state index is -0.370. The van der Waals surface area contributed by atoms with Crippen LogP contribution in [0.2, 0.25) is 0 Å². The molecule has 0 saturated carbocycles. The maximum absolute atomic E-state index is 13.6. The number of hydrogen-bond acceptors (Lipinski definition) is 3. The van der Waals surface area contributed by atoms with Crippen molar-refractivity contribution < 1.29 is 14.2 Å². The van der Waals surface area contributed by atoms with Crippen molar-refractivity contribution in [3.8, 4) is 5.75 Å². The van der Waals surface area contributed by atoms with Gasteiger partial charge in [-0.15, -0.1) is 11.3 Å². The number of fused-ring (bicyclic) bond motifs is 1. The molecule has 2 aromatic rings. The van der Waals surface area contributed by atoms with Gasteiger partial charge in [-0.3, -0.25) is 0 Å². The summed E-state index contributed by atoms with van der Waals surface area (Å²) in [6.45, 7) is -0.270. The summed E-state index contributed by atoms with van der Waals surface area (Å²) in [4.78, 5) is 0.351. The van der Waals surface area contributed by atoms with Gasteiger partial charge in [0, 0.05) is 4.70 Å². The zero-order chi connectivity index (χ0) is 10.1. The van der Waals surface area contributed by atoms with Gasteiger partial charge in [-0.2, -0.15) is 0 Å². The Morgan fingerprint density at radius 1 is 1.50 bits per heavy atom. The third kappa shape index (κ3) is 1.27. The van der Waals surface area contributed by atoms with Gasteiger partial charge in [0.15, 0.2) is 5.82 Å². The lowest BCUT2D eigenvalue weighted by atomic mass is 10.2. The summed E-state index contributed by atoms with van der Waals surface area (Å²) in [6, 6.07) is 5.32. The highest BCUT2D eigenvalue weighted by Gasteiger charge is 2.14. The normalized spacial score (nSPS) is 10.8. The first kappa shape index (κ1) is 9.43. The van der Waals surface area contributed by atoms with Crippen LogP contribution >= 0.6 is 11.3 Å². The lowest BCUT2D eigenvalue weighted by Crippen LogP contribution is -1.85. The molecule has 0 bridgehead atoms. The van der Waals surface area contributed by atoms with Crippen molar-refractivity contribution in [1.82, 2.24) is 0 Å². The first-order valence-electron chi connectivity index (χ1n) is 4.12. The van der Waals surface area contributed by atoms with Crippen molar-refractivity contribution in [2.24, 2.45) is 0 Å². The number of aliphatic hydroxyl groups is 1. The Morgan fingerprint density at radius 3 is 2.93 bits per heavy atom. The Morgan fingerprint density at radius 2 is 2.29 bits per heavy atom. The van der Waals surface area contributed by atoms with Crippen molar-refractivity contribution in [3.63, 3.8) is 0 Å². The fraction of sp³-hybridized carbons (Fsp3) is 0.200. The van der Waals surface area contributed by atoms with Crippen LogP contribution < -0.4 is 4.74 Å². The molecule has 74 valence electrons. The van der Waals surface area contributed by atoms with Crippen molar-refractivity contribution in [2.45, 2.75) is 6.61 Å². The van der Waals surface area contributed by atoms with Gasteiger partial charge in [0.2, 0.25) is 0 Å². The van der Waals surface area contributed by atoms with Crippen LogP contribution in [-0.2, 0) is 6.61 Å². The molecule has 1 heterocycles. The van der Waals surface area contributed by atoms with Gasteiger partial charge in [-0.1, -0.05) is 6.07 Å². The maximum atomic E-state index is 13.6. The Balaban J connectivity index is 2.79. The molecule has 0 spiro atoms. The summed E-state index contributed by atoms with van der Waals surface area (Å²) in [5.41, 5.74) is 0. The first-order chi connectivity index (χ1) is 6.77. The summed E-state index contributed by atoms with van der Waals surface area (Å²) in [7, 11) is 1.50. The van der Waals surface area contributed by atoms with Crippen molar-refractivity contribution in [2.75, 3.05) is 7.11 Å². The van der Waals surface area contributed by atoms with E-state index in [4.69, 9.17) is 9.84 Å². The van der Waals surface area contributed by atoms with Gasteiger partial charge in [0.25, 0.3) is 0 Å². The zero-order valence-corrected chi connectivity index (χ0v) is 8.40. The number of thiophene rings is 1. The smallest absolute Gasteiger partial charge is 0.151 e. The molecule has 1 aromatic carbocycles. The van der Waals surface area contributed by atoms with Gasteiger partial charge in [0.05, 0.1) is 24.0 Å². The van der Waals surface area contributed by atoms with E-state index in [1.54, 1.807) is 12.1 Å². The molecule has 2 nitrogen and oxygen atoms in total. The van der Waals surface area contributed by atoms with Crippen LogP contribution in [0.15, 0.2) is 18.2 Å². The zero-order valence-electron chi connectivity index (χ0n) is 7.58. The number of ether oxygens (including phenoxy) is 1.